The molecule has 1 heterocycles. The Bertz CT molecular complexity index is 687. The van der Waals surface area contributed by atoms with Crippen molar-refractivity contribution in [1.29, 1.82) is 0 Å². The van der Waals surface area contributed by atoms with Crippen LogP contribution in [0, 0.1) is 6.92 Å². The largest absolute Gasteiger partial charge is 0.496 e. The van der Waals surface area contributed by atoms with E-state index in [-0.39, 0.29) is 22.5 Å². The molecule has 0 amide bonds. The van der Waals surface area contributed by atoms with E-state index in [1.165, 1.54) is 27.2 Å². The van der Waals surface area contributed by atoms with Gasteiger partial charge in [0.1, 0.15) is 22.7 Å². The first-order chi connectivity index (χ1) is 9.85. The third kappa shape index (κ3) is 2.42. The zero-order valence-electron chi connectivity index (χ0n) is 11.6. The highest BCUT2D eigenvalue weighted by atomic mass is 19.4. The number of alkyl halides is 3. The van der Waals surface area contributed by atoms with Gasteiger partial charge in [-0.1, -0.05) is 0 Å². The van der Waals surface area contributed by atoms with Crippen LogP contribution in [0.25, 0.3) is 10.9 Å². The first-order valence-corrected chi connectivity index (χ1v) is 5.94. The Balaban J connectivity index is 2.99. The number of hydrazine groups is 1. The number of fused-ring (bicyclic) bond motifs is 1. The standard InChI is InChI=1S/C13H14F3N3O2/c1-6-10(19-17)9-7(20-2)4-5-8(21-3)11(9)18-12(6)13(14,15)16/h4-5H,17H2,1-3H3,(H,18,19). The van der Waals surface area contributed by atoms with Gasteiger partial charge in [-0.15, -0.1) is 0 Å². The maximum Gasteiger partial charge on any atom is 0.433 e. The number of nitrogens with two attached hydrogens (primary N) is 1. The number of hydrogen-bond acceptors (Lipinski definition) is 5. The van der Waals surface area contributed by atoms with Crippen molar-refractivity contribution >= 4 is 16.6 Å². The average molecular weight is 301 g/mol. The summed E-state index contributed by atoms with van der Waals surface area (Å²) in [5.41, 5.74) is 1.31. The molecule has 1 aromatic heterocycles. The Morgan fingerprint density at radius 1 is 1.14 bits per heavy atom. The molecule has 1 aromatic carbocycles. The maximum absolute atomic E-state index is 13.1. The van der Waals surface area contributed by atoms with Crippen LogP contribution < -0.4 is 20.7 Å². The van der Waals surface area contributed by atoms with Crippen molar-refractivity contribution in [1.82, 2.24) is 4.98 Å². The van der Waals surface area contributed by atoms with Gasteiger partial charge in [-0.25, -0.2) is 4.98 Å². The average Bonchev–Trinajstić information content (AvgIpc) is 2.44. The van der Waals surface area contributed by atoms with Crippen LogP contribution in [0.2, 0.25) is 0 Å². The fraction of sp³-hybridized carbons (Fsp3) is 0.308. The number of pyridine rings is 1. The van der Waals surface area contributed by atoms with Gasteiger partial charge in [-0.2, -0.15) is 13.2 Å². The van der Waals surface area contributed by atoms with Crippen LogP contribution in [0.3, 0.4) is 0 Å². The molecule has 8 heteroatoms. The van der Waals surface area contributed by atoms with Crippen LogP contribution in [0.15, 0.2) is 12.1 Å². The number of hydrogen-bond donors (Lipinski definition) is 2. The van der Waals surface area contributed by atoms with E-state index in [0.717, 1.165) is 0 Å². The molecule has 5 nitrogen and oxygen atoms in total. The molecule has 0 saturated heterocycles. The molecule has 0 radical (unpaired) electrons. The predicted octanol–water partition coefficient (Wildman–Crippen LogP) is 2.86. The number of nitrogen functional groups attached to an aromatic ring is 1. The molecular weight excluding hydrogens is 287 g/mol. The van der Waals surface area contributed by atoms with Gasteiger partial charge in [0.15, 0.2) is 0 Å². The zero-order valence-corrected chi connectivity index (χ0v) is 11.6. The van der Waals surface area contributed by atoms with E-state index < -0.39 is 11.9 Å². The van der Waals surface area contributed by atoms with Gasteiger partial charge in [0.2, 0.25) is 0 Å². The Hall–Kier alpha value is -2.22. The number of nitrogens with zero attached hydrogens (tertiary/aromatic N) is 1. The van der Waals surface area contributed by atoms with E-state index in [4.69, 9.17) is 15.3 Å². The lowest BCUT2D eigenvalue weighted by Crippen LogP contribution is -2.16. The summed E-state index contributed by atoms with van der Waals surface area (Å²) in [7, 11) is 2.76. The van der Waals surface area contributed by atoms with E-state index in [2.05, 4.69) is 10.4 Å². The second-order valence-corrected chi connectivity index (χ2v) is 4.30. The highest BCUT2D eigenvalue weighted by Crippen LogP contribution is 2.42. The molecule has 2 aromatic rings. The second kappa shape index (κ2) is 5.28. The van der Waals surface area contributed by atoms with Crippen LogP contribution in [0.5, 0.6) is 11.5 Å². The van der Waals surface area contributed by atoms with Crippen LogP contribution >= 0.6 is 0 Å². The lowest BCUT2D eigenvalue weighted by molar-refractivity contribution is -0.141. The van der Waals surface area contributed by atoms with E-state index in [1.807, 2.05) is 0 Å². The topological polar surface area (TPSA) is 69.4 Å². The van der Waals surface area contributed by atoms with E-state index in [9.17, 15) is 13.2 Å². The van der Waals surface area contributed by atoms with Crippen LogP contribution in [0.4, 0.5) is 18.9 Å². The molecule has 21 heavy (non-hydrogen) atoms. The van der Waals surface area contributed by atoms with Gasteiger partial charge in [-0.3, -0.25) is 5.84 Å². The Morgan fingerprint density at radius 2 is 1.71 bits per heavy atom. The summed E-state index contributed by atoms with van der Waals surface area (Å²) in [5, 5.41) is 0.338. The quantitative estimate of drug-likeness (QED) is 0.674. The number of anilines is 1. The third-order valence-corrected chi connectivity index (χ3v) is 3.16. The summed E-state index contributed by atoms with van der Waals surface area (Å²) in [4.78, 5) is 3.71. The van der Waals surface area contributed by atoms with Crippen molar-refractivity contribution in [2.75, 3.05) is 19.6 Å². The van der Waals surface area contributed by atoms with Gasteiger partial charge in [-0.05, 0) is 19.1 Å². The van der Waals surface area contributed by atoms with E-state index >= 15 is 0 Å². The predicted molar refractivity (Wildman–Crippen MR) is 72.4 cm³/mol. The fourth-order valence-electron chi connectivity index (χ4n) is 2.20. The second-order valence-electron chi connectivity index (χ2n) is 4.30. The molecule has 0 fully saturated rings. The first-order valence-electron chi connectivity index (χ1n) is 5.94. The molecule has 0 aliphatic carbocycles. The molecule has 0 unspecified atom stereocenters. The fourth-order valence-corrected chi connectivity index (χ4v) is 2.20. The number of ether oxygens (including phenoxy) is 2. The van der Waals surface area contributed by atoms with E-state index in [1.54, 1.807) is 6.07 Å². The summed E-state index contributed by atoms with van der Waals surface area (Å²) >= 11 is 0. The van der Waals surface area contributed by atoms with Gasteiger partial charge in [0.05, 0.1) is 25.3 Å². The minimum Gasteiger partial charge on any atom is -0.496 e. The number of nitrogens with one attached hydrogen (secondary N) is 1. The summed E-state index contributed by atoms with van der Waals surface area (Å²) in [5.74, 6) is 5.95. The van der Waals surface area contributed by atoms with Crippen molar-refractivity contribution in [3.05, 3.63) is 23.4 Å². The molecular formula is C13H14F3N3O2. The van der Waals surface area contributed by atoms with Crippen molar-refractivity contribution in [3.63, 3.8) is 0 Å². The van der Waals surface area contributed by atoms with E-state index in [0.29, 0.717) is 11.1 Å². The summed E-state index contributed by atoms with van der Waals surface area (Å²) in [6.45, 7) is 1.30. The van der Waals surface area contributed by atoms with Crippen molar-refractivity contribution < 1.29 is 22.6 Å². The first kappa shape index (κ1) is 15.2. The zero-order chi connectivity index (χ0) is 15.8. The molecule has 0 bridgehead atoms. The number of halogens is 3. The van der Waals surface area contributed by atoms with Gasteiger partial charge < -0.3 is 14.9 Å². The van der Waals surface area contributed by atoms with Crippen LogP contribution in [-0.2, 0) is 6.18 Å². The molecule has 0 spiro atoms. The summed E-state index contributed by atoms with van der Waals surface area (Å²) < 4.78 is 49.6. The normalized spacial score (nSPS) is 11.6. The smallest absolute Gasteiger partial charge is 0.433 e. The molecule has 0 aliphatic rings. The summed E-state index contributed by atoms with van der Waals surface area (Å²) in [6, 6.07) is 3.07. The van der Waals surface area contributed by atoms with Gasteiger partial charge in [0, 0.05) is 5.56 Å². The summed E-state index contributed by atoms with van der Waals surface area (Å²) in [6.07, 6.45) is -4.60. The highest BCUT2D eigenvalue weighted by molar-refractivity contribution is 6.01. The Labute approximate surface area is 118 Å². The van der Waals surface area contributed by atoms with Crippen molar-refractivity contribution in [2.24, 2.45) is 5.84 Å². The highest BCUT2D eigenvalue weighted by Gasteiger charge is 2.36. The third-order valence-electron chi connectivity index (χ3n) is 3.16. The lowest BCUT2D eigenvalue weighted by Gasteiger charge is -2.18. The Morgan fingerprint density at radius 3 is 2.19 bits per heavy atom. The number of rotatable bonds is 3. The van der Waals surface area contributed by atoms with Crippen LogP contribution in [-0.4, -0.2) is 19.2 Å². The minimum absolute atomic E-state index is 0.0303. The SMILES string of the molecule is COc1ccc(OC)c2c(NN)c(C)c(C(F)(F)F)nc12. The number of methoxy groups -OCH3 is 2. The van der Waals surface area contributed by atoms with Crippen molar-refractivity contribution in [2.45, 2.75) is 13.1 Å². The number of aromatic nitrogens is 1. The molecule has 0 atom stereocenters. The van der Waals surface area contributed by atoms with Gasteiger partial charge in [0.25, 0.3) is 0 Å². The monoisotopic (exact) mass is 301 g/mol. The molecule has 3 N–H and O–H groups in total. The molecule has 0 saturated carbocycles. The molecule has 114 valence electrons. The molecule has 2 rings (SSSR count). The van der Waals surface area contributed by atoms with Gasteiger partial charge >= 0.3 is 6.18 Å². The lowest BCUT2D eigenvalue weighted by atomic mass is 10.1. The molecule has 0 aliphatic heterocycles. The maximum atomic E-state index is 13.1. The minimum atomic E-state index is -4.60. The van der Waals surface area contributed by atoms with Crippen LogP contribution in [0.1, 0.15) is 11.3 Å². The number of benzene rings is 1. The van der Waals surface area contributed by atoms with Crippen molar-refractivity contribution in [3.8, 4) is 11.5 Å². The Kier molecular flexibility index (Phi) is 3.82.